The summed E-state index contributed by atoms with van der Waals surface area (Å²) in [7, 11) is 1.36. The fraction of sp³-hybridized carbons (Fsp3) is 1.00. The first kappa shape index (κ1) is 8.89. The first-order chi connectivity index (χ1) is 5.20. The zero-order valence-corrected chi connectivity index (χ0v) is 6.17. The number of rotatable bonds is 2. The van der Waals surface area contributed by atoms with E-state index in [4.69, 9.17) is 19.7 Å². The van der Waals surface area contributed by atoms with Crippen LogP contribution in [0.15, 0.2) is 0 Å². The summed E-state index contributed by atoms with van der Waals surface area (Å²) >= 11 is 0. The van der Waals surface area contributed by atoms with Gasteiger partial charge >= 0.3 is 0 Å². The molecule has 0 unspecified atom stereocenters. The molecule has 1 aliphatic heterocycles. The van der Waals surface area contributed by atoms with Crippen LogP contribution in [0.5, 0.6) is 0 Å². The molecule has 0 radical (unpaired) electrons. The Labute approximate surface area is 64.2 Å². The lowest BCUT2D eigenvalue weighted by Crippen LogP contribution is -2.35. The Morgan fingerprint density at radius 1 is 1.45 bits per heavy atom. The van der Waals surface area contributed by atoms with Crippen LogP contribution in [-0.4, -0.2) is 53.6 Å². The highest BCUT2D eigenvalue weighted by Gasteiger charge is 2.42. The molecule has 0 aromatic heterocycles. The van der Waals surface area contributed by atoms with Gasteiger partial charge in [0.2, 0.25) is 0 Å². The van der Waals surface area contributed by atoms with E-state index in [9.17, 15) is 5.11 Å². The maximum atomic E-state index is 9.25. The van der Waals surface area contributed by atoms with Crippen LogP contribution < -0.4 is 0 Å². The Balaban J connectivity index is 2.55. The fourth-order valence-electron chi connectivity index (χ4n) is 1.12. The van der Waals surface area contributed by atoms with Gasteiger partial charge < -0.3 is 24.8 Å². The number of aliphatic hydroxyl groups excluding tert-OH is 3. The van der Waals surface area contributed by atoms with Crippen molar-refractivity contribution in [1.82, 2.24) is 0 Å². The average molecular weight is 164 g/mol. The van der Waals surface area contributed by atoms with Gasteiger partial charge in [-0.1, -0.05) is 0 Å². The second-order valence-electron chi connectivity index (χ2n) is 2.44. The molecule has 11 heavy (non-hydrogen) atoms. The fourth-order valence-corrected chi connectivity index (χ4v) is 1.12. The summed E-state index contributed by atoms with van der Waals surface area (Å²) < 4.78 is 9.49. The van der Waals surface area contributed by atoms with Gasteiger partial charge in [0.1, 0.15) is 18.3 Å². The summed E-state index contributed by atoms with van der Waals surface area (Å²) in [5, 5.41) is 26.9. The van der Waals surface area contributed by atoms with Gasteiger partial charge in [-0.05, 0) is 0 Å². The predicted octanol–water partition coefficient (Wildman–Crippen LogP) is -1.93. The van der Waals surface area contributed by atoms with E-state index >= 15 is 0 Å². The summed E-state index contributed by atoms with van der Waals surface area (Å²) in [4.78, 5) is 0. The molecule has 0 aromatic rings. The molecule has 4 atom stereocenters. The van der Waals surface area contributed by atoms with Crippen LogP contribution in [0, 0.1) is 0 Å². The van der Waals surface area contributed by atoms with Crippen LogP contribution >= 0.6 is 0 Å². The van der Waals surface area contributed by atoms with Gasteiger partial charge in [0.15, 0.2) is 6.29 Å². The van der Waals surface area contributed by atoms with E-state index in [0.717, 1.165) is 0 Å². The van der Waals surface area contributed by atoms with E-state index in [1.807, 2.05) is 0 Å². The minimum Gasteiger partial charge on any atom is -0.394 e. The molecular weight excluding hydrogens is 152 g/mol. The second kappa shape index (κ2) is 3.46. The van der Waals surface area contributed by atoms with E-state index in [2.05, 4.69) is 0 Å². The van der Waals surface area contributed by atoms with Gasteiger partial charge in [-0.25, -0.2) is 0 Å². The maximum Gasteiger partial charge on any atom is 0.184 e. The van der Waals surface area contributed by atoms with Crippen molar-refractivity contribution in [1.29, 1.82) is 0 Å². The SMILES string of the molecule is CO[C@@H]1[C@H](O)[C@@H](CO)O[C@@H]1O. The molecular formula is C6H12O5. The van der Waals surface area contributed by atoms with Crippen molar-refractivity contribution in [3.63, 3.8) is 0 Å². The predicted molar refractivity (Wildman–Crippen MR) is 34.8 cm³/mol. The summed E-state index contributed by atoms with van der Waals surface area (Å²) in [5.74, 6) is 0. The van der Waals surface area contributed by atoms with E-state index in [1.54, 1.807) is 0 Å². The van der Waals surface area contributed by atoms with Gasteiger partial charge in [0, 0.05) is 7.11 Å². The van der Waals surface area contributed by atoms with Crippen molar-refractivity contribution in [3.05, 3.63) is 0 Å². The third kappa shape index (κ3) is 1.52. The monoisotopic (exact) mass is 164 g/mol. The molecule has 1 fully saturated rings. The molecule has 1 heterocycles. The minimum atomic E-state index is -1.15. The maximum absolute atomic E-state index is 9.25. The molecule has 0 aromatic carbocycles. The first-order valence-corrected chi connectivity index (χ1v) is 3.36. The van der Waals surface area contributed by atoms with Crippen LogP contribution in [0.3, 0.4) is 0 Å². The molecule has 1 saturated heterocycles. The molecule has 0 aliphatic carbocycles. The Bertz CT molecular complexity index is 128. The number of aliphatic hydroxyl groups is 3. The summed E-state index contributed by atoms with van der Waals surface area (Å²) in [6.07, 6.45) is -3.60. The molecule has 0 amide bonds. The minimum absolute atomic E-state index is 0.321. The Hall–Kier alpha value is -0.200. The third-order valence-electron chi connectivity index (χ3n) is 1.76. The van der Waals surface area contributed by atoms with Crippen LogP contribution in [0.4, 0.5) is 0 Å². The van der Waals surface area contributed by atoms with E-state index in [-0.39, 0.29) is 6.61 Å². The van der Waals surface area contributed by atoms with Gasteiger partial charge in [-0.3, -0.25) is 0 Å². The van der Waals surface area contributed by atoms with Gasteiger partial charge in [-0.2, -0.15) is 0 Å². The number of ether oxygens (including phenoxy) is 2. The summed E-state index contributed by atoms with van der Waals surface area (Å²) in [6, 6.07) is 0. The summed E-state index contributed by atoms with van der Waals surface area (Å²) in [6.45, 7) is -0.321. The molecule has 0 bridgehead atoms. The molecule has 1 aliphatic rings. The molecule has 0 spiro atoms. The van der Waals surface area contributed by atoms with Crippen molar-refractivity contribution in [2.75, 3.05) is 13.7 Å². The molecule has 5 heteroatoms. The Morgan fingerprint density at radius 2 is 2.09 bits per heavy atom. The molecule has 1 rings (SSSR count). The first-order valence-electron chi connectivity index (χ1n) is 3.36. The average Bonchev–Trinajstić information content (AvgIpc) is 2.26. The third-order valence-corrected chi connectivity index (χ3v) is 1.76. The number of methoxy groups -OCH3 is 1. The van der Waals surface area contributed by atoms with Crippen LogP contribution in [0.1, 0.15) is 0 Å². The lowest BCUT2D eigenvalue weighted by molar-refractivity contribution is -0.139. The topological polar surface area (TPSA) is 79.2 Å². The van der Waals surface area contributed by atoms with E-state index in [0.29, 0.717) is 0 Å². The van der Waals surface area contributed by atoms with Crippen molar-refractivity contribution in [3.8, 4) is 0 Å². The normalized spacial score (nSPS) is 44.7. The van der Waals surface area contributed by atoms with Crippen molar-refractivity contribution in [2.24, 2.45) is 0 Å². The number of hydrogen-bond acceptors (Lipinski definition) is 5. The second-order valence-corrected chi connectivity index (χ2v) is 2.44. The van der Waals surface area contributed by atoms with Crippen LogP contribution in [-0.2, 0) is 9.47 Å². The highest BCUT2D eigenvalue weighted by atomic mass is 16.7. The van der Waals surface area contributed by atoms with Gasteiger partial charge in [0.05, 0.1) is 6.61 Å². The standard InChI is InChI=1S/C6H12O5/c1-10-5-4(8)3(2-7)11-6(5)9/h3-9H,2H2,1H3/t3-,4-,5-,6+/m1/s1. The van der Waals surface area contributed by atoms with Crippen LogP contribution in [0.25, 0.3) is 0 Å². The highest BCUT2D eigenvalue weighted by molar-refractivity contribution is 4.86. The van der Waals surface area contributed by atoms with Crippen molar-refractivity contribution < 1.29 is 24.8 Å². The Kier molecular flexibility index (Phi) is 2.80. The Morgan fingerprint density at radius 3 is 2.36 bits per heavy atom. The quantitative estimate of drug-likeness (QED) is 0.443. The van der Waals surface area contributed by atoms with Gasteiger partial charge in [-0.15, -0.1) is 0 Å². The molecule has 5 nitrogen and oxygen atoms in total. The molecule has 66 valence electrons. The smallest absolute Gasteiger partial charge is 0.184 e. The summed E-state index contributed by atoms with van der Waals surface area (Å²) in [5.41, 5.74) is 0. The van der Waals surface area contributed by atoms with Crippen LogP contribution in [0.2, 0.25) is 0 Å². The zero-order valence-electron chi connectivity index (χ0n) is 6.17. The zero-order chi connectivity index (χ0) is 8.43. The van der Waals surface area contributed by atoms with Crippen molar-refractivity contribution in [2.45, 2.75) is 24.6 Å². The molecule has 3 N–H and O–H groups in total. The van der Waals surface area contributed by atoms with Gasteiger partial charge in [0.25, 0.3) is 0 Å². The van der Waals surface area contributed by atoms with Crippen molar-refractivity contribution >= 4 is 0 Å². The number of hydrogen-bond donors (Lipinski definition) is 3. The highest BCUT2D eigenvalue weighted by Crippen LogP contribution is 2.21. The lowest BCUT2D eigenvalue weighted by Gasteiger charge is -2.14. The molecule has 0 saturated carbocycles. The largest absolute Gasteiger partial charge is 0.394 e. The van der Waals surface area contributed by atoms with E-state index in [1.165, 1.54) is 7.11 Å². The van der Waals surface area contributed by atoms with E-state index < -0.39 is 24.6 Å². The lowest BCUT2D eigenvalue weighted by atomic mass is 10.1.